The van der Waals surface area contributed by atoms with E-state index in [9.17, 15) is 14.4 Å². The molecule has 0 spiro atoms. The fourth-order valence-electron chi connectivity index (χ4n) is 3.13. The summed E-state index contributed by atoms with van der Waals surface area (Å²) in [6.07, 6.45) is 4.08. The molecule has 9 nitrogen and oxygen atoms in total. The quantitative estimate of drug-likeness (QED) is 0.268. The third kappa shape index (κ3) is 13.5. The van der Waals surface area contributed by atoms with Crippen molar-refractivity contribution in [2.24, 2.45) is 0 Å². The molecule has 0 aliphatic rings. The monoisotopic (exact) mass is 469 g/mol. The van der Waals surface area contributed by atoms with E-state index in [4.69, 9.17) is 25.2 Å². The van der Waals surface area contributed by atoms with Gasteiger partial charge in [0.1, 0.15) is 12.4 Å². The third-order valence-electron chi connectivity index (χ3n) is 5.12. The summed E-state index contributed by atoms with van der Waals surface area (Å²) in [6.45, 7) is 10.6. The molecule has 0 amide bonds. The second-order valence-electron chi connectivity index (χ2n) is 7.77. The lowest BCUT2D eigenvalue weighted by atomic mass is 9.96. The van der Waals surface area contributed by atoms with Crippen molar-refractivity contribution >= 4 is 17.9 Å². The Balaban J connectivity index is 0.000000684. The van der Waals surface area contributed by atoms with Crippen molar-refractivity contribution in [3.05, 3.63) is 29.8 Å². The zero-order valence-electron chi connectivity index (χ0n) is 20.0. The highest BCUT2D eigenvalue weighted by molar-refractivity contribution is 5.88. The van der Waals surface area contributed by atoms with Crippen molar-refractivity contribution in [2.45, 2.75) is 71.3 Å². The number of hydrogen-bond acceptors (Lipinski definition) is 6. The average Bonchev–Trinajstić information content (AvgIpc) is 2.74. The van der Waals surface area contributed by atoms with Crippen LogP contribution in [-0.2, 0) is 20.8 Å². The first-order valence-corrected chi connectivity index (χ1v) is 11.4. The molecule has 4 N–H and O–H groups in total. The normalized spacial score (nSPS) is 10.9. The van der Waals surface area contributed by atoms with Gasteiger partial charge in [-0.15, -0.1) is 0 Å². The molecular weight excluding hydrogens is 430 g/mol. The van der Waals surface area contributed by atoms with E-state index >= 15 is 0 Å². The Morgan fingerprint density at radius 3 is 1.97 bits per heavy atom. The van der Waals surface area contributed by atoms with E-state index in [1.165, 1.54) is 31.2 Å². The van der Waals surface area contributed by atoms with Crippen LogP contribution in [0.3, 0.4) is 0 Å². The minimum atomic E-state index is -2.74. The Kier molecular flexibility index (Phi) is 15.6. The molecule has 0 aliphatic carbocycles. The number of carbonyl (C=O) groups is 3. The molecule has 0 atom stereocenters. The number of likely N-dealkylation sites (N-methyl/N-ethyl adjacent to an activating group) is 1. The molecule has 0 bridgehead atoms. The maximum Gasteiger partial charge on any atom is 0.336 e. The number of benzene rings is 1. The van der Waals surface area contributed by atoms with E-state index < -0.39 is 36.4 Å². The molecule has 188 valence electrons. The lowest BCUT2D eigenvalue weighted by Crippen LogP contribution is -2.42. The third-order valence-corrected chi connectivity index (χ3v) is 5.12. The number of para-hydroxylation sites is 1. The summed E-state index contributed by atoms with van der Waals surface area (Å²) < 4.78 is 5.99. The van der Waals surface area contributed by atoms with Gasteiger partial charge in [0.15, 0.2) is 5.60 Å². The lowest BCUT2D eigenvalue weighted by molar-refractivity contribution is -0.170. The van der Waals surface area contributed by atoms with Gasteiger partial charge in [0.25, 0.3) is 0 Å². The van der Waals surface area contributed by atoms with Crippen LogP contribution >= 0.6 is 0 Å². The van der Waals surface area contributed by atoms with Crippen LogP contribution in [-0.4, -0.2) is 75.1 Å². The Morgan fingerprint density at radius 2 is 1.48 bits per heavy atom. The van der Waals surface area contributed by atoms with Gasteiger partial charge in [0.2, 0.25) is 0 Å². The van der Waals surface area contributed by atoms with Crippen LogP contribution in [0.1, 0.15) is 64.9 Å². The highest BCUT2D eigenvalue weighted by Gasteiger charge is 2.40. The predicted octanol–water partition coefficient (Wildman–Crippen LogP) is 3.28. The fraction of sp³-hybridized carbons (Fsp3) is 0.625. The summed E-state index contributed by atoms with van der Waals surface area (Å²) in [7, 11) is 0. The van der Waals surface area contributed by atoms with Crippen molar-refractivity contribution in [1.29, 1.82) is 0 Å². The molecule has 0 aromatic heterocycles. The first-order valence-electron chi connectivity index (χ1n) is 11.4. The molecule has 0 unspecified atom stereocenters. The van der Waals surface area contributed by atoms with Gasteiger partial charge in [-0.3, -0.25) is 9.59 Å². The number of carboxylic acids is 3. The highest BCUT2D eigenvalue weighted by Crippen LogP contribution is 2.20. The molecule has 0 saturated carbocycles. The number of aliphatic carboxylic acids is 3. The van der Waals surface area contributed by atoms with Crippen LogP contribution in [0.25, 0.3) is 0 Å². The average molecular weight is 470 g/mol. The topological polar surface area (TPSA) is 145 Å². The summed E-state index contributed by atoms with van der Waals surface area (Å²) in [5, 5.41) is 33.8. The number of ether oxygens (including phenoxy) is 1. The molecule has 1 aromatic rings. The van der Waals surface area contributed by atoms with Crippen LogP contribution < -0.4 is 4.74 Å². The maximum absolute atomic E-state index is 10.3. The standard InChI is InChI=1S/C18H31NO.C6H8O7/c1-4-7-8-9-12-17-13-10-11-14-18(17)20-16-15-19(5-2)6-3;7-3(8)1-6(13,5(11)12)2-4(9)10/h10-11,13-14H,4-9,12,15-16H2,1-3H3;13H,1-2H2,(H,7,8)(H,9,10)(H,11,12). The van der Waals surface area contributed by atoms with Crippen molar-refractivity contribution in [2.75, 3.05) is 26.2 Å². The smallest absolute Gasteiger partial charge is 0.336 e. The number of hydrogen-bond donors (Lipinski definition) is 4. The molecule has 0 aliphatic heterocycles. The van der Waals surface area contributed by atoms with E-state index in [1.54, 1.807) is 0 Å². The Bertz CT molecular complexity index is 702. The lowest BCUT2D eigenvalue weighted by Gasteiger charge is -2.19. The molecule has 1 rings (SSSR count). The maximum atomic E-state index is 10.3. The number of nitrogens with zero attached hydrogens (tertiary/aromatic N) is 1. The number of aryl methyl sites for hydroxylation is 1. The Labute approximate surface area is 196 Å². The SMILES string of the molecule is CCCCCCc1ccccc1OCCN(CC)CC.O=C(O)CC(O)(CC(=O)O)C(=O)O. The van der Waals surface area contributed by atoms with E-state index in [0.717, 1.165) is 38.4 Å². The van der Waals surface area contributed by atoms with Gasteiger partial charge < -0.3 is 30.1 Å². The van der Waals surface area contributed by atoms with Gasteiger partial charge in [-0.2, -0.15) is 0 Å². The molecule has 0 saturated heterocycles. The molecule has 0 radical (unpaired) electrons. The molecule has 0 fully saturated rings. The van der Waals surface area contributed by atoms with Crippen LogP contribution in [0.15, 0.2) is 24.3 Å². The van der Waals surface area contributed by atoms with Gasteiger partial charge in [-0.25, -0.2) is 4.79 Å². The van der Waals surface area contributed by atoms with Crippen LogP contribution in [0.4, 0.5) is 0 Å². The molecule has 9 heteroatoms. The summed E-state index contributed by atoms with van der Waals surface area (Å²) in [4.78, 5) is 32.9. The van der Waals surface area contributed by atoms with E-state index in [-0.39, 0.29) is 0 Å². The van der Waals surface area contributed by atoms with Crippen LogP contribution in [0, 0.1) is 0 Å². The van der Waals surface area contributed by atoms with Gasteiger partial charge in [0, 0.05) is 6.54 Å². The van der Waals surface area contributed by atoms with E-state index in [2.05, 4.69) is 49.9 Å². The second kappa shape index (κ2) is 16.9. The van der Waals surface area contributed by atoms with Gasteiger partial charge in [-0.1, -0.05) is 58.2 Å². The molecule has 33 heavy (non-hydrogen) atoms. The minimum absolute atomic E-state index is 0.785. The minimum Gasteiger partial charge on any atom is -0.492 e. The summed E-state index contributed by atoms with van der Waals surface area (Å²) in [5.74, 6) is -3.94. The molecular formula is C24H39NO8. The van der Waals surface area contributed by atoms with Crippen molar-refractivity contribution in [3.8, 4) is 5.75 Å². The second-order valence-corrected chi connectivity index (χ2v) is 7.77. The number of carboxylic acid groups (broad SMARTS) is 3. The van der Waals surface area contributed by atoms with E-state index in [0.29, 0.717) is 0 Å². The van der Waals surface area contributed by atoms with Gasteiger partial charge in [-0.05, 0) is 37.6 Å². The first kappa shape index (κ1) is 30.4. The van der Waals surface area contributed by atoms with Gasteiger partial charge >= 0.3 is 17.9 Å². The predicted molar refractivity (Wildman–Crippen MR) is 125 cm³/mol. The van der Waals surface area contributed by atoms with Crippen LogP contribution in [0.2, 0.25) is 0 Å². The Hall–Kier alpha value is -2.65. The number of aliphatic hydroxyl groups is 1. The van der Waals surface area contributed by atoms with Crippen molar-refractivity contribution < 1.29 is 39.5 Å². The number of rotatable bonds is 16. The largest absolute Gasteiger partial charge is 0.492 e. The fourth-order valence-corrected chi connectivity index (χ4v) is 3.13. The van der Waals surface area contributed by atoms with Gasteiger partial charge in [0.05, 0.1) is 12.8 Å². The van der Waals surface area contributed by atoms with Crippen LogP contribution in [0.5, 0.6) is 5.75 Å². The van der Waals surface area contributed by atoms with E-state index in [1.807, 2.05) is 0 Å². The number of unbranched alkanes of at least 4 members (excludes halogenated alkanes) is 3. The van der Waals surface area contributed by atoms with Crippen molar-refractivity contribution in [1.82, 2.24) is 4.90 Å². The Morgan fingerprint density at radius 1 is 0.909 bits per heavy atom. The first-order chi connectivity index (χ1) is 15.6. The summed E-state index contributed by atoms with van der Waals surface area (Å²) >= 11 is 0. The molecule has 1 aromatic carbocycles. The highest BCUT2D eigenvalue weighted by atomic mass is 16.5. The van der Waals surface area contributed by atoms with Crippen molar-refractivity contribution in [3.63, 3.8) is 0 Å². The summed E-state index contributed by atoms with van der Waals surface area (Å²) in [5.41, 5.74) is -1.37. The molecule has 0 heterocycles. The zero-order chi connectivity index (χ0) is 25.3. The summed E-state index contributed by atoms with van der Waals surface area (Å²) in [6, 6.07) is 8.50. The zero-order valence-corrected chi connectivity index (χ0v) is 20.0.